The van der Waals surface area contributed by atoms with Gasteiger partial charge in [0.15, 0.2) is 0 Å². The molecule has 6 nitrogen and oxygen atoms in total. The first-order chi connectivity index (χ1) is 10.8. The summed E-state index contributed by atoms with van der Waals surface area (Å²) < 4.78 is 10.3. The zero-order valence-corrected chi connectivity index (χ0v) is 14.1. The predicted octanol–water partition coefficient (Wildman–Crippen LogP) is 2.29. The molecular formula is C17H24N2O4. The van der Waals surface area contributed by atoms with Crippen LogP contribution in [0.4, 0.5) is 10.5 Å². The molecule has 1 aliphatic rings. The molecule has 2 rings (SSSR count). The van der Waals surface area contributed by atoms with Crippen LogP contribution in [-0.2, 0) is 14.3 Å². The second-order valence-electron chi connectivity index (χ2n) is 6.49. The fraction of sp³-hybridized carbons (Fsp3) is 0.529. The Labute approximate surface area is 137 Å². The first-order valence-electron chi connectivity index (χ1n) is 7.69. The molecule has 1 fully saturated rings. The van der Waals surface area contributed by atoms with Crippen LogP contribution < -0.4 is 4.90 Å². The molecule has 1 saturated heterocycles. The minimum Gasteiger partial charge on any atom is -0.467 e. The van der Waals surface area contributed by atoms with Gasteiger partial charge in [-0.2, -0.15) is 0 Å². The van der Waals surface area contributed by atoms with E-state index in [1.807, 2.05) is 56.0 Å². The molecule has 0 spiro atoms. The van der Waals surface area contributed by atoms with Gasteiger partial charge in [0.2, 0.25) is 0 Å². The number of methoxy groups -OCH3 is 1. The second kappa shape index (κ2) is 6.89. The standard InChI is InChI=1S/C17H24N2O4/c1-17(2,3)23-16(21)18-10-11-19(13-8-6-5-7-9-13)14(12-18)15(20)22-4/h5-9,14H,10-12H2,1-4H3. The Balaban J connectivity index is 2.15. The SMILES string of the molecule is COC(=O)C1CN(C(=O)OC(C)(C)C)CCN1c1ccccc1. The van der Waals surface area contributed by atoms with E-state index in [-0.39, 0.29) is 12.5 Å². The maximum Gasteiger partial charge on any atom is 0.410 e. The lowest BCUT2D eigenvalue weighted by atomic mass is 10.1. The van der Waals surface area contributed by atoms with Gasteiger partial charge in [0.1, 0.15) is 11.6 Å². The number of ether oxygens (including phenoxy) is 2. The number of amides is 1. The molecule has 0 bridgehead atoms. The van der Waals surface area contributed by atoms with Crippen LogP contribution in [0.3, 0.4) is 0 Å². The number of esters is 1. The Bertz CT molecular complexity index is 553. The first-order valence-corrected chi connectivity index (χ1v) is 7.69. The summed E-state index contributed by atoms with van der Waals surface area (Å²) in [5, 5.41) is 0. The van der Waals surface area contributed by atoms with E-state index in [0.29, 0.717) is 13.1 Å². The van der Waals surface area contributed by atoms with Crippen LogP contribution in [0.1, 0.15) is 20.8 Å². The van der Waals surface area contributed by atoms with Crippen LogP contribution >= 0.6 is 0 Å². The number of hydrogen-bond donors (Lipinski definition) is 0. The largest absolute Gasteiger partial charge is 0.467 e. The Morgan fingerprint density at radius 3 is 2.35 bits per heavy atom. The number of nitrogens with zero attached hydrogens (tertiary/aromatic N) is 2. The van der Waals surface area contributed by atoms with Crippen LogP contribution in [0.2, 0.25) is 0 Å². The molecule has 0 saturated carbocycles. The summed E-state index contributed by atoms with van der Waals surface area (Å²) in [6.07, 6.45) is -0.404. The number of carbonyl (C=O) groups is 2. The van der Waals surface area contributed by atoms with Gasteiger partial charge in [-0.15, -0.1) is 0 Å². The monoisotopic (exact) mass is 320 g/mol. The predicted molar refractivity (Wildman–Crippen MR) is 87.4 cm³/mol. The van der Waals surface area contributed by atoms with Crippen molar-refractivity contribution in [2.24, 2.45) is 0 Å². The smallest absolute Gasteiger partial charge is 0.410 e. The van der Waals surface area contributed by atoms with E-state index < -0.39 is 17.7 Å². The fourth-order valence-corrected chi connectivity index (χ4v) is 2.54. The van der Waals surface area contributed by atoms with E-state index in [9.17, 15) is 9.59 Å². The van der Waals surface area contributed by atoms with Crippen molar-refractivity contribution in [1.29, 1.82) is 0 Å². The topological polar surface area (TPSA) is 59.1 Å². The molecule has 1 aliphatic heterocycles. The molecule has 0 aromatic heterocycles. The molecule has 1 unspecified atom stereocenters. The molecule has 1 aromatic rings. The number of piperazine rings is 1. The number of rotatable bonds is 2. The maximum absolute atomic E-state index is 12.2. The summed E-state index contributed by atoms with van der Waals surface area (Å²) >= 11 is 0. The van der Waals surface area contributed by atoms with E-state index in [1.165, 1.54) is 7.11 Å². The molecule has 1 heterocycles. The second-order valence-corrected chi connectivity index (χ2v) is 6.49. The van der Waals surface area contributed by atoms with Crippen LogP contribution in [-0.4, -0.2) is 55.3 Å². The molecule has 1 aromatic carbocycles. The van der Waals surface area contributed by atoms with E-state index in [0.717, 1.165) is 5.69 Å². The first kappa shape index (κ1) is 17.1. The lowest BCUT2D eigenvalue weighted by molar-refractivity contribution is -0.143. The lowest BCUT2D eigenvalue weighted by Crippen LogP contribution is -2.58. The van der Waals surface area contributed by atoms with E-state index in [2.05, 4.69) is 0 Å². The van der Waals surface area contributed by atoms with Crippen molar-refractivity contribution in [3.63, 3.8) is 0 Å². The Hall–Kier alpha value is -2.24. The van der Waals surface area contributed by atoms with Gasteiger partial charge in [-0.1, -0.05) is 18.2 Å². The van der Waals surface area contributed by atoms with Gasteiger partial charge in [-0.25, -0.2) is 9.59 Å². The molecular weight excluding hydrogens is 296 g/mol. The Kier molecular flexibility index (Phi) is 5.13. The maximum atomic E-state index is 12.2. The molecule has 0 radical (unpaired) electrons. The summed E-state index contributed by atoms with van der Waals surface area (Å²) in [5.74, 6) is -0.359. The van der Waals surface area contributed by atoms with Gasteiger partial charge in [-0.05, 0) is 32.9 Å². The molecule has 6 heteroatoms. The van der Waals surface area contributed by atoms with Gasteiger partial charge in [0.25, 0.3) is 0 Å². The van der Waals surface area contributed by atoms with Gasteiger partial charge in [-0.3, -0.25) is 0 Å². The number of carbonyl (C=O) groups excluding carboxylic acids is 2. The third-order valence-corrected chi connectivity index (χ3v) is 3.59. The van der Waals surface area contributed by atoms with Crippen LogP contribution in [0, 0.1) is 0 Å². The number of anilines is 1. The van der Waals surface area contributed by atoms with Gasteiger partial charge >= 0.3 is 12.1 Å². The van der Waals surface area contributed by atoms with Crippen molar-refractivity contribution in [2.45, 2.75) is 32.4 Å². The van der Waals surface area contributed by atoms with Crippen molar-refractivity contribution in [1.82, 2.24) is 4.90 Å². The number of para-hydroxylation sites is 1. The fourth-order valence-electron chi connectivity index (χ4n) is 2.54. The third-order valence-electron chi connectivity index (χ3n) is 3.59. The highest BCUT2D eigenvalue weighted by molar-refractivity contribution is 5.82. The molecule has 23 heavy (non-hydrogen) atoms. The van der Waals surface area contributed by atoms with Gasteiger partial charge < -0.3 is 19.3 Å². The molecule has 1 amide bonds. The highest BCUT2D eigenvalue weighted by atomic mass is 16.6. The molecule has 126 valence electrons. The third kappa shape index (κ3) is 4.37. The summed E-state index contributed by atoms with van der Waals surface area (Å²) in [6, 6.07) is 9.11. The van der Waals surface area contributed by atoms with E-state index in [1.54, 1.807) is 4.90 Å². The van der Waals surface area contributed by atoms with E-state index >= 15 is 0 Å². The summed E-state index contributed by atoms with van der Waals surface area (Å²) in [4.78, 5) is 27.9. The van der Waals surface area contributed by atoms with Crippen molar-refractivity contribution >= 4 is 17.7 Å². The van der Waals surface area contributed by atoms with E-state index in [4.69, 9.17) is 9.47 Å². The average Bonchev–Trinajstić information content (AvgIpc) is 2.52. The minimum atomic E-state index is -0.561. The molecule has 0 aliphatic carbocycles. The quantitative estimate of drug-likeness (QED) is 0.783. The van der Waals surface area contributed by atoms with Crippen LogP contribution in [0.15, 0.2) is 30.3 Å². The highest BCUT2D eigenvalue weighted by Crippen LogP contribution is 2.22. The van der Waals surface area contributed by atoms with Gasteiger partial charge in [0.05, 0.1) is 13.7 Å². The minimum absolute atomic E-state index is 0.247. The normalized spacial score (nSPS) is 18.5. The summed E-state index contributed by atoms with van der Waals surface area (Å²) in [5.41, 5.74) is 0.376. The summed E-state index contributed by atoms with van der Waals surface area (Å²) in [7, 11) is 1.36. The number of hydrogen-bond acceptors (Lipinski definition) is 5. The zero-order valence-electron chi connectivity index (χ0n) is 14.1. The zero-order chi connectivity index (χ0) is 17.0. The summed E-state index contributed by atoms with van der Waals surface area (Å²) in [6.45, 7) is 6.76. The lowest BCUT2D eigenvalue weighted by Gasteiger charge is -2.41. The van der Waals surface area contributed by atoms with Crippen molar-refractivity contribution in [2.75, 3.05) is 31.6 Å². The van der Waals surface area contributed by atoms with Crippen LogP contribution in [0.5, 0.6) is 0 Å². The van der Waals surface area contributed by atoms with Crippen molar-refractivity contribution in [3.05, 3.63) is 30.3 Å². The van der Waals surface area contributed by atoms with Gasteiger partial charge in [0, 0.05) is 18.8 Å². The van der Waals surface area contributed by atoms with Crippen molar-refractivity contribution in [3.8, 4) is 0 Å². The number of benzene rings is 1. The average molecular weight is 320 g/mol. The van der Waals surface area contributed by atoms with Crippen LogP contribution in [0.25, 0.3) is 0 Å². The highest BCUT2D eigenvalue weighted by Gasteiger charge is 2.36. The Morgan fingerprint density at radius 1 is 1.13 bits per heavy atom. The van der Waals surface area contributed by atoms with Crippen molar-refractivity contribution < 1.29 is 19.1 Å². The molecule has 1 atom stereocenters. The Morgan fingerprint density at radius 2 is 1.78 bits per heavy atom. The molecule has 0 N–H and O–H groups in total.